The lowest BCUT2D eigenvalue weighted by atomic mass is 9.98. The summed E-state index contributed by atoms with van der Waals surface area (Å²) < 4.78 is 96.4. The fourth-order valence-electron chi connectivity index (χ4n) is 5.00. The summed E-state index contributed by atoms with van der Waals surface area (Å²) >= 11 is 6.30. The Morgan fingerprint density at radius 1 is 1.09 bits per heavy atom. The zero-order chi connectivity index (χ0) is 31.4. The van der Waals surface area contributed by atoms with E-state index in [4.69, 9.17) is 11.6 Å². The van der Waals surface area contributed by atoms with Gasteiger partial charge in [-0.25, -0.2) is 22.5 Å². The monoisotopic (exact) mass is 632 g/mol. The van der Waals surface area contributed by atoms with Crippen LogP contribution in [0.3, 0.4) is 0 Å². The number of nitrogens with one attached hydrogen (secondary N) is 3. The predicted octanol–water partition coefficient (Wildman–Crippen LogP) is 4.16. The van der Waals surface area contributed by atoms with Crippen LogP contribution in [0.5, 0.6) is 0 Å². The van der Waals surface area contributed by atoms with Crippen LogP contribution in [0.1, 0.15) is 49.9 Å². The molecule has 228 valence electrons. The lowest BCUT2D eigenvalue weighted by Crippen LogP contribution is -2.59. The molecule has 0 radical (unpaired) electrons. The molecule has 9 nitrogen and oxygen atoms in total. The van der Waals surface area contributed by atoms with Crippen LogP contribution >= 0.6 is 11.6 Å². The molecule has 2 atom stereocenters. The Bertz CT molecular complexity index is 1640. The molecule has 2 aromatic carbocycles. The Labute approximate surface area is 243 Å². The standard InChI is InChI=1S/C26H20ClF7N6O3/c1-35-24(43)21-37-20(38-22(41)11-4-12(26(32,33)34)6-14(29)5-11)19-18(15-7-13(28)2-3-16(15)27)36-23(42)17(40(19)21)8-39-9-25(30,31)10-39/h2-7,17-18H,8-10H2,1H3,(H,35,43)(H,36,42)(H,38,41). The molecule has 43 heavy (non-hydrogen) atoms. The van der Waals surface area contributed by atoms with Crippen LogP contribution in [0.2, 0.25) is 5.02 Å². The summed E-state index contributed by atoms with van der Waals surface area (Å²) in [5.41, 5.74) is -2.41. The molecule has 0 bridgehead atoms. The highest BCUT2D eigenvalue weighted by atomic mass is 35.5. The maximum atomic E-state index is 14.3. The van der Waals surface area contributed by atoms with Crippen molar-refractivity contribution in [2.75, 3.05) is 32.0 Å². The van der Waals surface area contributed by atoms with Crippen LogP contribution in [-0.4, -0.2) is 64.8 Å². The lowest BCUT2D eigenvalue weighted by Gasteiger charge is -2.42. The molecule has 3 N–H and O–H groups in total. The topological polar surface area (TPSA) is 108 Å². The number of nitrogens with zero attached hydrogens (tertiary/aromatic N) is 3. The Morgan fingerprint density at radius 3 is 2.42 bits per heavy atom. The normalized spacial score (nSPS) is 19.7. The van der Waals surface area contributed by atoms with Gasteiger partial charge in [0, 0.05) is 29.7 Å². The Balaban J connectivity index is 1.66. The molecule has 2 aliphatic heterocycles. The molecule has 1 saturated heterocycles. The first kappa shape index (κ1) is 30.3. The van der Waals surface area contributed by atoms with Gasteiger partial charge in [-0.3, -0.25) is 19.3 Å². The molecule has 1 fully saturated rings. The van der Waals surface area contributed by atoms with Crippen LogP contribution in [0.4, 0.5) is 36.6 Å². The fraction of sp³-hybridized carbons (Fsp3) is 0.308. The zero-order valence-corrected chi connectivity index (χ0v) is 22.6. The molecule has 2 aliphatic rings. The van der Waals surface area contributed by atoms with Gasteiger partial charge in [0.1, 0.15) is 17.7 Å². The number of amides is 3. The van der Waals surface area contributed by atoms with Crippen molar-refractivity contribution in [2.45, 2.75) is 24.2 Å². The van der Waals surface area contributed by atoms with Gasteiger partial charge in [0.2, 0.25) is 11.7 Å². The van der Waals surface area contributed by atoms with Crippen LogP contribution in [0.25, 0.3) is 0 Å². The van der Waals surface area contributed by atoms with Gasteiger partial charge in [-0.1, -0.05) is 11.6 Å². The van der Waals surface area contributed by atoms with Gasteiger partial charge in [0.25, 0.3) is 17.7 Å². The fourth-order valence-corrected chi connectivity index (χ4v) is 5.22. The molecule has 0 spiro atoms. The number of rotatable bonds is 6. The molecular formula is C26H20ClF7N6O3. The average Bonchev–Trinajstić information content (AvgIpc) is 3.28. The number of carbonyl (C=O) groups excluding carboxylic acids is 3. The molecule has 3 aromatic rings. The van der Waals surface area contributed by atoms with E-state index >= 15 is 0 Å². The Kier molecular flexibility index (Phi) is 7.62. The maximum Gasteiger partial charge on any atom is 0.416 e. The Hall–Kier alpha value is -4.18. The van der Waals surface area contributed by atoms with Crippen LogP contribution in [0, 0.1) is 11.6 Å². The highest BCUT2D eigenvalue weighted by Crippen LogP contribution is 2.40. The van der Waals surface area contributed by atoms with E-state index in [1.54, 1.807) is 0 Å². The number of anilines is 1. The number of alkyl halides is 5. The largest absolute Gasteiger partial charge is 0.416 e. The minimum absolute atomic E-state index is 0.0471. The third-order valence-corrected chi connectivity index (χ3v) is 7.23. The summed E-state index contributed by atoms with van der Waals surface area (Å²) in [5, 5.41) is 7.08. The number of imidazole rings is 1. The van der Waals surface area contributed by atoms with Crippen molar-refractivity contribution in [3.63, 3.8) is 0 Å². The molecule has 17 heteroatoms. The van der Waals surface area contributed by atoms with E-state index in [0.717, 1.165) is 16.7 Å². The van der Waals surface area contributed by atoms with Crippen LogP contribution in [0.15, 0.2) is 36.4 Å². The van der Waals surface area contributed by atoms with Crippen molar-refractivity contribution in [1.82, 2.24) is 25.1 Å². The average molecular weight is 633 g/mol. The molecule has 3 heterocycles. The van der Waals surface area contributed by atoms with E-state index < -0.39 is 89.4 Å². The second kappa shape index (κ2) is 10.8. The summed E-state index contributed by atoms with van der Waals surface area (Å²) in [5.74, 6) is -9.02. The van der Waals surface area contributed by atoms with Crippen LogP contribution in [-0.2, 0) is 11.0 Å². The second-order valence-corrected chi connectivity index (χ2v) is 10.4. The molecule has 0 saturated carbocycles. The third kappa shape index (κ3) is 5.88. The number of hydrogen-bond donors (Lipinski definition) is 3. The predicted molar refractivity (Wildman–Crippen MR) is 137 cm³/mol. The number of benzene rings is 2. The summed E-state index contributed by atoms with van der Waals surface area (Å²) in [7, 11) is 1.22. The van der Waals surface area contributed by atoms with E-state index in [0.29, 0.717) is 12.1 Å². The first-order chi connectivity index (χ1) is 20.1. The number of carbonyl (C=O) groups is 3. The highest BCUT2D eigenvalue weighted by Gasteiger charge is 2.48. The molecule has 3 amide bonds. The first-order valence-electron chi connectivity index (χ1n) is 12.5. The van der Waals surface area contributed by atoms with Gasteiger partial charge in [-0.05, 0) is 36.4 Å². The first-order valence-corrected chi connectivity index (χ1v) is 12.8. The van der Waals surface area contributed by atoms with E-state index in [9.17, 15) is 45.1 Å². The van der Waals surface area contributed by atoms with Crippen molar-refractivity contribution in [1.29, 1.82) is 0 Å². The summed E-state index contributed by atoms with van der Waals surface area (Å²) in [6.45, 7) is -1.69. The van der Waals surface area contributed by atoms with Crippen molar-refractivity contribution in [2.24, 2.45) is 0 Å². The van der Waals surface area contributed by atoms with E-state index in [-0.39, 0.29) is 28.9 Å². The summed E-state index contributed by atoms with van der Waals surface area (Å²) in [6.07, 6.45) is -4.98. The second-order valence-electron chi connectivity index (χ2n) is 9.95. The van der Waals surface area contributed by atoms with Crippen molar-refractivity contribution in [3.05, 3.63) is 81.3 Å². The van der Waals surface area contributed by atoms with Gasteiger partial charge in [-0.15, -0.1) is 0 Å². The Morgan fingerprint density at radius 2 is 1.79 bits per heavy atom. The van der Waals surface area contributed by atoms with Crippen molar-refractivity contribution in [3.8, 4) is 0 Å². The molecule has 1 aromatic heterocycles. The number of hydrogen-bond acceptors (Lipinski definition) is 5. The van der Waals surface area contributed by atoms with E-state index in [1.807, 2.05) is 0 Å². The van der Waals surface area contributed by atoms with Crippen LogP contribution < -0.4 is 16.0 Å². The summed E-state index contributed by atoms with van der Waals surface area (Å²) in [4.78, 5) is 44.8. The minimum atomic E-state index is -4.98. The van der Waals surface area contributed by atoms with Gasteiger partial charge in [0.15, 0.2) is 5.82 Å². The number of aromatic nitrogens is 2. The third-order valence-electron chi connectivity index (χ3n) is 6.88. The van der Waals surface area contributed by atoms with E-state index in [2.05, 4.69) is 20.9 Å². The van der Waals surface area contributed by atoms with Gasteiger partial charge in [-0.2, -0.15) is 13.2 Å². The number of halogens is 8. The van der Waals surface area contributed by atoms with E-state index in [1.165, 1.54) is 18.0 Å². The molecule has 0 aliphatic carbocycles. The maximum absolute atomic E-state index is 14.3. The highest BCUT2D eigenvalue weighted by molar-refractivity contribution is 6.31. The summed E-state index contributed by atoms with van der Waals surface area (Å²) in [6, 6.07) is 1.56. The zero-order valence-electron chi connectivity index (χ0n) is 21.8. The minimum Gasteiger partial charge on any atom is -0.352 e. The molecule has 5 rings (SSSR count). The molecule has 2 unspecified atom stereocenters. The smallest absolute Gasteiger partial charge is 0.352 e. The quantitative estimate of drug-likeness (QED) is 0.354. The number of fused-ring (bicyclic) bond motifs is 1. The van der Waals surface area contributed by atoms with Crippen molar-refractivity contribution < 1.29 is 45.1 Å². The SMILES string of the molecule is CNC(=O)c1nc(NC(=O)c2cc(F)cc(C(F)(F)F)c2)c2n1C(CN1CC(F)(F)C1)C(=O)NC2c1cc(F)ccc1Cl. The van der Waals surface area contributed by atoms with Gasteiger partial charge < -0.3 is 20.5 Å². The van der Waals surface area contributed by atoms with Crippen molar-refractivity contribution >= 4 is 35.1 Å². The molecular weight excluding hydrogens is 613 g/mol. The number of likely N-dealkylation sites (tertiary alicyclic amines) is 1. The lowest BCUT2D eigenvalue weighted by molar-refractivity contribution is -0.143. The van der Waals surface area contributed by atoms with Gasteiger partial charge in [0.05, 0.1) is 30.4 Å². The van der Waals surface area contributed by atoms with Gasteiger partial charge >= 0.3 is 6.18 Å².